The zero-order valence-electron chi connectivity index (χ0n) is 7.34. The van der Waals surface area contributed by atoms with Gasteiger partial charge in [-0.3, -0.25) is 0 Å². The third-order valence-electron chi connectivity index (χ3n) is 1.21. The van der Waals surface area contributed by atoms with Gasteiger partial charge in [-0.15, -0.1) is 0 Å². The lowest BCUT2D eigenvalue weighted by atomic mass is 10.2. The van der Waals surface area contributed by atoms with Crippen molar-refractivity contribution < 1.29 is 15.0 Å². The maximum atomic E-state index is 8.56. The highest BCUT2D eigenvalue weighted by molar-refractivity contribution is 5.53. The molecule has 0 bridgehead atoms. The fourth-order valence-corrected chi connectivity index (χ4v) is 0.677. The number of hydrogen-bond donors (Lipinski definition) is 2. The minimum Gasteiger partial charge on any atom is -0.450 e. The van der Waals surface area contributed by atoms with E-state index in [0.717, 1.165) is 0 Å². The first-order valence-corrected chi connectivity index (χ1v) is 4.07. The topological polar surface area (TPSA) is 57.5 Å². The Morgan fingerprint density at radius 1 is 1.00 bits per heavy atom. The molecule has 0 heterocycles. The molecule has 0 fully saturated rings. The molecule has 3 heteroatoms. The maximum Gasteiger partial charge on any atom is 0.503 e. The Kier molecular flexibility index (Phi) is 14.1. The van der Waals surface area contributed by atoms with Crippen molar-refractivity contribution in [1.29, 1.82) is 0 Å². The highest BCUT2D eigenvalue weighted by Gasteiger charge is 1.80. The maximum absolute atomic E-state index is 8.56. The summed E-state index contributed by atoms with van der Waals surface area (Å²) < 4.78 is 0. The van der Waals surface area contributed by atoms with E-state index in [1.165, 1.54) is 32.1 Å². The van der Waals surface area contributed by atoms with Gasteiger partial charge in [0.25, 0.3) is 0 Å². The van der Waals surface area contributed by atoms with Gasteiger partial charge in [-0.1, -0.05) is 46.0 Å². The van der Waals surface area contributed by atoms with Crippen molar-refractivity contribution in [3.63, 3.8) is 0 Å². The van der Waals surface area contributed by atoms with Crippen LogP contribution in [0.5, 0.6) is 0 Å². The van der Waals surface area contributed by atoms with Crippen LogP contribution in [-0.2, 0) is 0 Å². The van der Waals surface area contributed by atoms with Gasteiger partial charge >= 0.3 is 6.16 Å². The van der Waals surface area contributed by atoms with E-state index in [0.29, 0.717) is 0 Å². The van der Waals surface area contributed by atoms with E-state index in [1.54, 1.807) is 0 Å². The molecule has 0 aromatic heterocycles. The summed E-state index contributed by atoms with van der Waals surface area (Å²) in [5.41, 5.74) is 0. The molecule has 0 amide bonds. The third-order valence-corrected chi connectivity index (χ3v) is 1.21. The molecule has 0 radical (unpaired) electrons. The molecule has 3 nitrogen and oxygen atoms in total. The van der Waals surface area contributed by atoms with E-state index in [2.05, 4.69) is 13.8 Å². The first kappa shape index (κ1) is 12.9. The summed E-state index contributed by atoms with van der Waals surface area (Å²) >= 11 is 0. The second kappa shape index (κ2) is 12.0. The molecule has 0 atom stereocenters. The predicted octanol–water partition coefficient (Wildman–Crippen LogP) is 3.20. The second-order valence-corrected chi connectivity index (χ2v) is 2.34. The lowest BCUT2D eigenvalue weighted by molar-refractivity contribution is 0.137. The Labute approximate surface area is 68.0 Å². The van der Waals surface area contributed by atoms with Crippen LogP contribution in [0.25, 0.3) is 0 Å². The molecule has 68 valence electrons. The van der Waals surface area contributed by atoms with Crippen molar-refractivity contribution in [2.75, 3.05) is 0 Å². The van der Waals surface area contributed by atoms with Gasteiger partial charge in [-0.25, -0.2) is 4.79 Å². The summed E-state index contributed by atoms with van der Waals surface area (Å²) in [6, 6.07) is 0. The molecule has 0 saturated carbocycles. The molecule has 0 spiro atoms. The Morgan fingerprint density at radius 2 is 1.27 bits per heavy atom. The first-order valence-electron chi connectivity index (χ1n) is 4.07. The average molecular weight is 162 g/mol. The molecular weight excluding hydrogens is 144 g/mol. The monoisotopic (exact) mass is 162 g/mol. The van der Waals surface area contributed by atoms with Gasteiger partial charge in [0.15, 0.2) is 0 Å². The molecule has 0 aromatic rings. The Hall–Kier alpha value is -0.730. The van der Waals surface area contributed by atoms with Crippen LogP contribution in [0, 0.1) is 0 Å². The van der Waals surface area contributed by atoms with Crippen LogP contribution >= 0.6 is 0 Å². The van der Waals surface area contributed by atoms with E-state index in [9.17, 15) is 0 Å². The van der Waals surface area contributed by atoms with Gasteiger partial charge in [-0.2, -0.15) is 0 Å². The molecule has 0 aliphatic carbocycles. The van der Waals surface area contributed by atoms with Crippen LogP contribution in [0.2, 0.25) is 0 Å². The number of carbonyl (C=O) groups is 1. The highest BCUT2D eigenvalue weighted by Crippen LogP contribution is 2.00. The molecular formula is C8H18O3. The second-order valence-electron chi connectivity index (χ2n) is 2.34. The standard InChI is InChI=1S/C7H16.CH2O3/c1-3-5-7-6-4-2;2-1(3)4/h3-7H2,1-2H3;(H2,2,3,4). The molecule has 2 N–H and O–H groups in total. The van der Waals surface area contributed by atoms with Crippen LogP contribution in [0.15, 0.2) is 0 Å². The van der Waals surface area contributed by atoms with Crippen molar-refractivity contribution in [2.24, 2.45) is 0 Å². The Morgan fingerprint density at radius 3 is 1.45 bits per heavy atom. The van der Waals surface area contributed by atoms with E-state index < -0.39 is 6.16 Å². The van der Waals surface area contributed by atoms with Crippen molar-refractivity contribution >= 4 is 6.16 Å². The fraction of sp³-hybridized carbons (Fsp3) is 0.875. The van der Waals surface area contributed by atoms with Gasteiger partial charge in [0.05, 0.1) is 0 Å². The number of unbranched alkanes of at least 4 members (excludes halogenated alkanes) is 4. The summed E-state index contributed by atoms with van der Waals surface area (Å²) in [6.45, 7) is 4.49. The number of hydrogen-bond acceptors (Lipinski definition) is 1. The van der Waals surface area contributed by atoms with Gasteiger partial charge in [-0.05, 0) is 0 Å². The van der Waals surface area contributed by atoms with Crippen LogP contribution in [0.3, 0.4) is 0 Å². The summed E-state index contributed by atoms with van der Waals surface area (Å²) in [5, 5.41) is 13.9. The van der Waals surface area contributed by atoms with Crippen molar-refractivity contribution in [3.05, 3.63) is 0 Å². The quantitative estimate of drug-likeness (QED) is 0.624. The van der Waals surface area contributed by atoms with E-state index in [-0.39, 0.29) is 0 Å². The lowest BCUT2D eigenvalue weighted by Crippen LogP contribution is -1.81. The Bertz CT molecular complexity index is 73.4. The van der Waals surface area contributed by atoms with Crippen LogP contribution < -0.4 is 0 Å². The zero-order valence-corrected chi connectivity index (χ0v) is 7.34. The van der Waals surface area contributed by atoms with Gasteiger partial charge < -0.3 is 10.2 Å². The summed E-state index contributed by atoms with van der Waals surface area (Å²) in [5.74, 6) is 0. The predicted molar refractivity (Wildman–Crippen MR) is 45.1 cm³/mol. The van der Waals surface area contributed by atoms with Crippen LogP contribution in [-0.4, -0.2) is 16.4 Å². The minimum absolute atomic E-state index is 1.36. The molecule has 0 aliphatic rings. The lowest BCUT2D eigenvalue weighted by Gasteiger charge is -1.90. The molecule has 11 heavy (non-hydrogen) atoms. The van der Waals surface area contributed by atoms with Crippen LogP contribution in [0.4, 0.5) is 4.79 Å². The fourth-order valence-electron chi connectivity index (χ4n) is 0.677. The smallest absolute Gasteiger partial charge is 0.450 e. The van der Waals surface area contributed by atoms with Gasteiger partial charge in [0, 0.05) is 0 Å². The van der Waals surface area contributed by atoms with Crippen molar-refractivity contribution in [2.45, 2.75) is 46.0 Å². The Balaban J connectivity index is 0. The average Bonchev–Trinajstić information content (AvgIpc) is 1.88. The number of rotatable bonds is 4. The minimum atomic E-state index is -1.83. The summed E-state index contributed by atoms with van der Waals surface area (Å²) in [6.07, 6.45) is 5.18. The molecule has 0 aromatic carbocycles. The SMILES string of the molecule is CCCCCCC.O=C(O)O. The largest absolute Gasteiger partial charge is 0.503 e. The first-order chi connectivity index (χ1) is 5.15. The van der Waals surface area contributed by atoms with Gasteiger partial charge in [0.2, 0.25) is 0 Å². The molecule has 0 unspecified atom stereocenters. The zero-order chi connectivity index (χ0) is 9.11. The third kappa shape index (κ3) is 45.8. The summed E-state index contributed by atoms with van der Waals surface area (Å²) in [7, 11) is 0. The normalized spacial score (nSPS) is 8.18. The van der Waals surface area contributed by atoms with E-state index >= 15 is 0 Å². The highest BCUT2D eigenvalue weighted by atomic mass is 16.6. The number of carboxylic acid groups (broad SMARTS) is 2. The van der Waals surface area contributed by atoms with Crippen LogP contribution in [0.1, 0.15) is 46.0 Å². The molecule has 0 aliphatic heterocycles. The summed E-state index contributed by atoms with van der Waals surface area (Å²) in [4.78, 5) is 8.56. The van der Waals surface area contributed by atoms with Crippen molar-refractivity contribution in [1.82, 2.24) is 0 Å². The van der Waals surface area contributed by atoms with Gasteiger partial charge in [0.1, 0.15) is 0 Å². The van der Waals surface area contributed by atoms with Crippen molar-refractivity contribution in [3.8, 4) is 0 Å². The molecule has 0 rings (SSSR count). The van der Waals surface area contributed by atoms with E-state index in [1.807, 2.05) is 0 Å². The molecule has 0 saturated heterocycles. The van der Waals surface area contributed by atoms with E-state index in [4.69, 9.17) is 15.0 Å².